The monoisotopic (exact) mass is 431 g/mol. The van der Waals surface area contributed by atoms with Crippen molar-refractivity contribution in [2.75, 3.05) is 41.5 Å². The van der Waals surface area contributed by atoms with E-state index >= 15 is 0 Å². The van der Waals surface area contributed by atoms with Gasteiger partial charge in [-0.2, -0.15) is 0 Å². The van der Waals surface area contributed by atoms with E-state index in [1.165, 1.54) is 0 Å². The summed E-state index contributed by atoms with van der Waals surface area (Å²) in [5.41, 5.74) is 0.885. The lowest BCUT2D eigenvalue weighted by molar-refractivity contribution is 0.213. The molecule has 2 rings (SSSR count). The van der Waals surface area contributed by atoms with Crippen LogP contribution in [0.2, 0.25) is 0 Å². The van der Waals surface area contributed by atoms with E-state index in [4.69, 9.17) is 23.7 Å². The Bertz CT molecular complexity index is 857. The molecule has 0 aromatic heterocycles. The first-order valence-corrected chi connectivity index (χ1v) is 10.2. The van der Waals surface area contributed by atoms with Crippen LogP contribution in [0.5, 0.6) is 28.7 Å². The van der Waals surface area contributed by atoms with Crippen LogP contribution >= 0.6 is 0 Å². The second-order valence-electron chi connectivity index (χ2n) is 6.67. The topological polar surface area (TPSA) is 82.6 Å². The first-order valence-electron chi connectivity index (χ1n) is 10.2. The Morgan fingerprint density at radius 2 is 1.45 bits per heavy atom. The summed E-state index contributed by atoms with van der Waals surface area (Å²) in [5, 5.41) is 6.56. The maximum Gasteiger partial charge on any atom is 0.191 e. The van der Waals surface area contributed by atoms with Gasteiger partial charge in [-0.3, -0.25) is 0 Å². The van der Waals surface area contributed by atoms with Crippen molar-refractivity contribution in [1.82, 2.24) is 10.6 Å². The van der Waals surface area contributed by atoms with E-state index in [1.807, 2.05) is 44.2 Å². The quantitative estimate of drug-likeness (QED) is 0.417. The van der Waals surface area contributed by atoms with Gasteiger partial charge in [-0.05, 0) is 32.0 Å². The fraction of sp³-hybridized carbons (Fsp3) is 0.435. The van der Waals surface area contributed by atoms with Gasteiger partial charge in [0.05, 0.1) is 41.5 Å². The molecule has 0 amide bonds. The molecule has 2 N–H and O–H groups in total. The normalized spacial score (nSPS) is 12.0. The summed E-state index contributed by atoms with van der Waals surface area (Å²) in [7, 11) is 6.45. The molecule has 0 aliphatic rings. The molecule has 0 spiro atoms. The third-order valence-corrected chi connectivity index (χ3v) is 4.49. The van der Waals surface area contributed by atoms with Crippen molar-refractivity contribution in [3.8, 4) is 28.7 Å². The third kappa shape index (κ3) is 6.87. The number of hydrogen-bond donors (Lipinski definition) is 2. The molecule has 0 heterocycles. The first-order chi connectivity index (χ1) is 15.1. The lowest BCUT2D eigenvalue weighted by atomic mass is 10.1. The van der Waals surface area contributed by atoms with Gasteiger partial charge >= 0.3 is 0 Å². The minimum atomic E-state index is -0.101. The number of hydrogen-bond acceptors (Lipinski definition) is 6. The predicted molar refractivity (Wildman–Crippen MR) is 122 cm³/mol. The highest BCUT2D eigenvalue weighted by molar-refractivity contribution is 5.79. The summed E-state index contributed by atoms with van der Waals surface area (Å²) in [4.78, 5) is 4.67. The van der Waals surface area contributed by atoms with Gasteiger partial charge in [0, 0.05) is 18.2 Å². The van der Waals surface area contributed by atoms with Crippen LogP contribution in [0.4, 0.5) is 0 Å². The maximum absolute atomic E-state index is 6.00. The number of para-hydroxylation sites is 2. The Kier molecular flexibility index (Phi) is 9.61. The molecule has 0 saturated carbocycles. The second-order valence-corrected chi connectivity index (χ2v) is 6.67. The molecule has 0 fully saturated rings. The average molecular weight is 432 g/mol. The molecule has 0 radical (unpaired) electrons. The maximum atomic E-state index is 6.00. The standard InChI is InChI=1S/C23H33N3O5/c1-7-24-23(25-14-16(2)31-19-11-9-8-10-18(19)27-3)26-15-17-12-21(29-5)22(30-6)13-20(17)28-4/h8-13,16H,7,14-15H2,1-6H3,(H2,24,25,26). The Labute approximate surface area is 184 Å². The van der Waals surface area contributed by atoms with Crippen molar-refractivity contribution < 1.29 is 23.7 Å². The number of aliphatic imine (C=N–C) groups is 1. The van der Waals surface area contributed by atoms with Crippen LogP contribution in [-0.4, -0.2) is 53.6 Å². The number of nitrogens with zero attached hydrogens (tertiary/aromatic N) is 1. The second kappa shape index (κ2) is 12.4. The number of nitrogens with one attached hydrogen (secondary N) is 2. The summed E-state index contributed by atoms with van der Waals surface area (Å²) < 4.78 is 27.6. The van der Waals surface area contributed by atoms with Crippen LogP contribution < -0.4 is 34.3 Å². The Hall–Kier alpha value is -3.29. The first kappa shape index (κ1) is 24.0. The summed E-state index contributed by atoms with van der Waals surface area (Å²) in [5.74, 6) is 4.01. The zero-order chi connectivity index (χ0) is 22.6. The molecule has 0 aliphatic carbocycles. The molecule has 31 heavy (non-hydrogen) atoms. The zero-order valence-corrected chi connectivity index (χ0v) is 19.2. The Morgan fingerprint density at radius 3 is 2.06 bits per heavy atom. The smallest absolute Gasteiger partial charge is 0.191 e. The summed E-state index contributed by atoms with van der Waals surface area (Å²) in [6.07, 6.45) is -0.101. The largest absolute Gasteiger partial charge is 0.496 e. The number of methoxy groups -OCH3 is 4. The molecule has 0 aliphatic heterocycles. The van der Waals surface area contributed by atoms with E-state index in [-0.39, 0.29) is 6.10 Å². The van der Waals surface area contributed by atoms with Gasteiger partial charge < -0.3 is 34.3 Å². The SMILES string of the molecule is CCNC(=NCc1cc(OC)c(OC)cc1OC)NCC(C)Oc1ccccc1OC. The van der Waals surface area contributed by atoms with Crippen LogP contribution in [-0.2, 0) is 6.54 Å². The molecular weight excluding hydrogens is 398 g/mol. The van der Waals surface area contributed by atoms with Gasteiger partial charge in [0.25, 0.3) is 0 Å². The van der Waals surface area contributed by atoms with Crippen molar-refractivity contribution >= 4 is 5.96 Å². The van der Waals surface area contributed by atoms with Gasteiger partial charge in [-0.1, -0.05) is 12.1 Å². The predicted octanol–water partition coefficient (Wildman–Crippen LogP) is 3.24. The van der Waals surface area contributed by atoms with E-state index in [9.17, 15) is 0 Å². The average Bonchev–Trinajstić information content (AvgIpc) is 2.80. The van der Waals surface area contributed by atoms with E-state index in [1.54, 1.807) is 34.5 Å². The number of rotatable bonds is 11. The number of guanidine groups is 1. The fourth-order valence-electron chi connectivity index (χ4n) is 2.94. The van der Waals surface area contributed by atoms with Crippen LogP contribution in [0.15, 0.2) is 41.4 Å². The van der Waals surface area contributed by atoms with Gasteiger partial charge in [-0.15, -0.1) is 0 Å². The lowest BCUT2D eigenvalue weighted by Gasteiger charge is -2.19. The van der Waals surface area contributed by atoms with Gasteiger partial charge in [0.2, 0.25) is 0 Å². The lowest BCUT2D eigenvalue weighted by Crippen LogP contribution is -2.41. The van der Waals surface area contributed by atoms with Crippen molar-refractivity contribution in [1.29, 1.82) is 0 Å². The molecule has 2 aromatic carbocycles. The molecule has 170 valence electrons. The Balaban J connectivity index is 2.06. The van der Waals surface area contributed by atoms with E-state index in [0.29, 0.717) is 47.8 Å². The highest BCUT2D eigenvalue weighted by atomic mass is 16.5. The van der Waals surface area contributed by atoms with Gasteiger partial charge in [0.15, 0.2) is 29.0 Å². The Morgan fingerprint density at radius 1 is 0.839 bits per heavy atom. The van der Waals surface area contributed by atoms with Crippen molar-refractivity contribution in [2.24, 2.45) is 4.99 Å². The molecule has 1 unspecified atom stereocenters. The fourth-order valence-corrected chi connectivity index (χ4v) is 2.94. The minimum Gasteiger partial charge on any atom is -0.496 e. The molecule has 2 aromatic rings. The van der Waals surface area contributed by atoms with Crippen LogP contribution in [0.1, 0.15) is 19.4 Å². The van der Waals surface area contributed by atoms with E-state index < -0.39 is 0 Å². The van der Waals surface area contributed by atoms with Gasteiger partial charge in [0.1, 0.15) is 11.9 Å². The van der Waals surface area contributed by atoms with Crippen molar-refractivity contribution in [2.45, 2.75) is 26.5 Å². The molecule has 8 heteroatoms. The minimum absolute atomic E-state index is 0.101. The molecule has 0 saturated heterocycles. The van der Waals surface area contributed by atoms with E-state index in [0.717, 1.165) is 12.1 Å². The van der Waals surface area contributed by atoms with Gasteiger partial charge in [-0.25, -0.2) is 4.99 Å². The number of ether oxygens (including phenoxy) is 5. The molecule has 1 atom stereocenters. The van der Waals surface area contributed by atoms with Crippen LogP contribution in [0, 0.1) is 0 Å². The van der Waals surface area contributed by atoms with E-state index in [2.05, 4.69) is 15.6 Å². The zero-order valence-electron chi connectivity index (χ0n) is 19.2. The molecule has 0 bridgehead atoms. The van der Waals surface area contributed by atoms with Crippen LogP contribution in [0.25, 0.3) is 0 Å². The van der Waals surface area contributed by atoms with Crippen molar-refractivity contribution in [3.63, 3.8) is 0 Å². The highest BCUT2D eigenvalue weighted by Crippen LogP contribution is 2.35. The molecule has 8 nitrogen and oxygen atoms in total. The summed E-state index contributed by atoms with van der Waals surface area (Å²) >= 11 is 0. The molecular formula is C23H33N3O5. The summed E-state index contributed by atoms with van der Waals surface area (Å²) in [6.45, 7) is 5.70. The third-order valence-electron chi connectivity index (χ3n) is 4.49. The van der Waals surface area contributed by atoms with Crippen LogP contribution in [0.3, 0.4) is 0 Å². The highest BCUT2D eigenvalue weighted by Gasteiger charge is 2.13. The summed E-state index contributed by atoms with van der Waals surface area (Å²) in [6, 6.07) is 11.3. The van der Waals surface area contributed by atoms with Crippen molar-refractivity contribution in [3.05, 3.63) is 42.0 Å². The number of benzene rings is 2.